The van der Waals surface area contributed by atoms with E-state index in [1.807, 2.05) is 12.1 Å². The molecule has 0 heterocycles. The minimum atomic E-state index is 0.457. The Morgan fingerprint density at radius 1 is 0.880 bits per heavy atom. The summed E-state index contributed by atoms with van der Waals surface area (Å²) in [7, 11) is 4.73. The van der Waals surface area contributed by atoms with Gasteiger partial charge in [-0.1, -0.05) is 26.0 Å². The molecule has 0 atom stereocenters. The molecule has 0 spiro atoms. The van der Waals surface area contributed by atoms with Crippen LogP contribution in [0.25, 0.3) is 0 Å². The van der Waals surface area contributed by atoms with E-state index in [4.69, 9.17) is 26.4 Å². The topological polar surface area (TPSA) is 51.8 Å². The van der Waals surface area contributed by atoms with E-state index in [9.17, 15) is 0 Å². The quantitative estimate of drug-likeness (QED) is 0.732. The SMILES string of the molecule is COc1cc(NC(=S)Nc2cccc(C(C)C)c2)cc(OC)c1OC. The fraction of sp³-hybridized carbons (Fsp3) is 0.316. The fourth-order valence-corrected chi connectivity index (χ4v) is 2.66. The number of thiocarbonyl (C=S) groups is 1. The highest BCUT2D eigenvalue weighted by atomic mass is 32.1. The van der Waals surface area contributed by atoms with Crippen molar-refractivity contribution in [3.8, 4) is 17.2 Å². The predicted octanol–water partition coefficient (Wildman–Crippen LogP) is 4.64. The Morgan fingerprint density at radius 3 is 2.00 bits per heavy atom. The highest BCUT2D eigenvalue weighted by molar-refractivity contribution is 7.80. The van der Waals surface area contributed by atoms with E-state index in [2.05, 4.69) is 36.6 Å². The average Bonchev–Trinajstić information content (AvgIpc) is 2.60. The molecule has 0 aromatic heterocycles. The van der Waals surface area contributed by atoms with E-state index in [1.165, 1.54) is 5.56 Å². The van der Waals surface area contributed by atoms with Crippen LogP contribution in [0, 0.1) is 0 Å². The lowest BCUT2D eigenvalue weighted by molar-refractivity contribution is 0.324. The Labute approximate surface area is 154 Å². The average molecular weight is 360 g/mol. The molecule has 2 N–H and O–H groups in total. The number of methoxy groups -OCH3 is 3. The van der Waals surface area contributed by atoms with Crippen molar-refractivity contribution in [2.24, 2.45) is 0 Å². The molecule has 0 amide bonds. The third-order valence-corrected chi connectivity index (χ3v) is 3.94. The molecule has 0 aliphatic carbocycles. The Kier molecular flexibility index (Phi) is 6.47. The van der Waals surface area contributed by atoms with E-state index >= 15 is 0 Å². The summed E-state index contributed by atoms with van der Waals surface area (Å²) >= 11 is 5.41. The lowest BCUT2D eigenvalue weighted by Gasteiger charge is -2.16. The Morgan fingerprint density at radius 2 is 1.48 bits per heavy atom. The Balaban J connectivity index is 2.16. The van der Waals surface area contributed by atoms with E-state index in [-0.39, 0.29) is 0 Å². The standard InChI is InChI=1S/C19H24N2O3S/c1-12(2)13-7-6-8-14(9-13)20-19(25)21-15-10-16(22-3)18(24-5)17(11-15)23-4/h6-12H,1-5H3,(H2,20,21,25). The van der Waals surface area contributed by atoms with Gasteiger partial charge in [0.05, 0.1) is 21.3 Å². The van der Waals surface area contributed by atoms with Crippen LogP contribution in [0.5, 0.6) is 17.2 Å². The zero-order chi connectivity index (χ0) is 18.4. The van der Waals surface area contributed by atoms with Crippen molar-refractivity contribution in [2.75, 3.05) is 32.0 Å². The maximum Gasteiger partial charge on any atom is 0.203 e. The van der Waals surface area contributed by atoms with Crippen LogP contribution in [0.1, 0.15) is 25.3 Å². The molecule has 0 unspecified atom stereocenters. The van der Waals surface area contributed by atoms with Crippen molar-refractivity contribution in [2.45, 2.75) is 19.8 Å². The van der Waals surface area contributed by atoms with Gasteiger partial charge in [0.2, 0.25) is 5.75 Å². The Bertz CT molecular complexity index is 722. The smallest absolute Gasteiger partial charge is 0.203 e. The van der Waals surface area contributed by atoms with Gasteiger partial charge in [-0.15, -0.1) is 0 Å². The van der Waals surface area contributed by atoms with Crippen molar-refractivity contribution in [3.05, 3.63) is 42.0 Å². The molecule has 2 rings (SSSR count). The van der Waals surface area contributed by atoms with Crippen LogP contribution in [-0.2, 0) is 0 Å². The third kappa shape index (κ3) is 4.76. The monoisotopic (exact) mass is 360 g/mol. The fourth-order valence-electron chi connectivity index (χ4n) is 2.42. The van der Waals surface area contributed by atoms with Gasteiger partial charge >= 0.3 is 0 Å². The highest BCUT2D eigenvalue weighted by Gasteiger charge is 2.13. The molecule has 5 nitrogen and oxygen atoms in total. The van der Waals surface area contributed by atoms with Crippen molar-refractivity contribution >= 4 is 28.7 Å². The predicted molar refractivity (Wildman–Crippen MR) is 106 cm³/mol. The molecule has 25 heavy (non-hydrogen) atoms. The molecule has 0 saturated heterocycles. The highest BCUT2D eigenvalue weighted by Crippen LogP contribution is 2.39. The van der Waals surface area contributed by atoms with Crippen LogP contribution in [0.2, 0.25) is 0 Å². The Hall–Kier alpha value is -2.47. The molecular weight excluding hydrogens is 336 g/mol. The molecule has 0 aliphatic rings. The molecule has 6 heteroatoms. The van der Waals surface area contributed by atoms with Gasteiger partial charge < -0.3 is 24.8 Å². The molecule has 2 aromatic carbocycles. The molecule has 2 aromatic rings. The molecule has 0 bridgehead atoms. The summed E-state index contributed by atoms with van der Waals surface area (Å²) < 4.78 is 16.0. The molecule has 0 fully saturated rings. The normalized spacial score (nSPS) is 10.3. The lowest BCUT2D eigenvalue weighted by atomic mass is 10.0. The number of benzene rings is 2. The first-order chi connectivity index (χ1) is 12.0. The summed E-state index contributed by atoms with van der Waals surface area (Å²) in [4.78, 5) is 0. The molecule has 0 radical (unpaired) electrons. The minimum absolute atomic E-state index is 0.457. The van der Waals surface area contributed by atoms with Crippen molar-refractivity contribution < 1.29 is 14.2 Å². The van der Waals surface area contributed by atoms with E-state index in [0.717, 1.165) is 11.4 Å². The first-order valence-corrected chi connectivity index (χ1v) is 8.37. The van der Waals surface area contributed by atoms with Crippen LogP contribution >= 0.6 is 12.2 Å². The van der Waals surface area contributed by atoms with Gasteiger partial charge in [0.25, 0.3) is 0 Å². The summed E-state index contributed by atoms with van der Waals surface area (Å²) in [6.45, 7) is 4.32. The summed E-state index contributed by atoms with van der Waals surface area (Å²) in [5, 5.41) is 6.82. The number of ether oxygens (including phenoxy) is 3. The van der Waals surface area contributed by atoms with Gasteiger partial charge in [0.1, 0.15) is 0 Å². The first kappa shape index (κ1) is 18.9. The van der Waals surface area contributed by atoms with Gasteiger partial charge in [-0.2, -0.15) is 0 Å². The van der Waals surface area contributed by atoms with Gasteiger partial charge in [0, 0.05) is 23.5 Å². The second-order valence-electron chi connectivity index (χ2n) is 5.77. The minimum Gasteiger partial charge on any atom is -0.493 e. The van der Waals surface area contributed by atoms with Crippen molar-refractivity contribution in [3.63, 3.8) is 0 Å². The third-order valence-electron chi connectivity index (χ3n) is 3.73. The maximum atomic E-state index is 5.41. The van der Waals surface area contributed by atoms with E-state index < -0.39 is 0 Å². The van der Waals surface area contributed by atoms with E-state index in [1.54, 1.807) is 33.5 Å². The van der Waals surface area contributed by atoms with Crippen LogP contribution < -0.4 is 24.8 Å². The van der Waals surface area contributed by atoms with Gasteiger partial charge in [-0.3, -0.25) is 0 Å². The first-order valence-electron chi connectivity index (χ1n) is 7.96. The van der Waals surface area contributed by atoms with Crippen LogP contribution in [-0.4, -0.2) is 26.4 Å². The largest absolute Gasteiger partial charge is 0.493 e. The number of anilines is 2. The van der Waals surface area contributed by atoms with Crippen LogP contribution in [0.15, 0.2) is 36.4 Å². The number of rotatable bonds is 6. The summed E-state index contributed by atoms with van der Waals surface area (Å²) in [5.41, 5.74) is 2.93. The molecule has 0 aliphatic heterocycles. The van der Waals surface area contributed by atoms with Gasteiger partial charge in [0.15, 0.2) is 16.6 Å². The van der Waals surface area contributed by atoms with Gasteiger partial charge in [-0.05, 0) is 35.8 Å². The number of hydrogen-bond acceptors (Lipinski definition) is 4. The van der Waals surface area contributed by atoms with E-state index in [0.29, 0.717) is 28.3 Å². The molecule has 0 saturated carbocycles. The number of hydrogen-bond donors (Lipinski definition) is 2. The zero-order valence-electron chi connectivity index (χ0n) is 15.2. The van der Waals surface area contributed by atoms with Crippen molar-refractivity contribution in [1.29, 1.82) is 0 Å². The molecule has 134 valence electrons. The summed E-state index contributed by atoms with van der Waals surface area (Å²) in [5.74, 6) is 2.13. The summed E-state index contributed by atoms with van der Waals surface area (Å²) in [6.07, 6.45) is 0. The maximum absolute atomic E-state index is 5.41. The van der Waals surface area contributed by atoms with Gasteiger partial charge in [-0.25, -0.2) is 0 Å². The zero-order valence-corrected chi connectivity index (χ0v) is 16.0. The van der Waals surface area contributed by atoms with Crippen LogP contribution in [0.3, 0.4) is 0 Å². The van der Waals surface area contributed by atoms with Crippen molar-refractivity contribution in [1.82, 2.24) is 0 Å². The lowest BCUT2D eigenvalue weighted by Crippen LogP contribution is -2.19. The second kappa shape index (κ2) is 8.58. The molecular formula is C19H24N2O3S. The number of nitrogens with one attached hydrogen (secondary N) is 2. The summed E-state index contributed by atoms with van der Waals surface area (Å²) in [6, 6.07) is 11.8. The van der Waals surface area contributed by atoms with Crippen LogP contribution in [0.4, 0.5) is 11.4 Å². The second-order valence-corrected chi connectivity index (χ2v) is 6.18.